The van der Waals surface area contributed by atoms with Gasteiger partial charge in [-0.3, -0.25) is 0 Å². The number of hydrogen-bond donors (Lipinski definition) is 1. The molecular formula is C12H27N. The molecule has 0 amide bonds. The van der Waals surface area contributed by atoms with Gasteiger partial charge in [0.15, 0.2) is 0 Å². The molecule has 0 aliphatic carbocycles. The summed E-state index contributed by atoms with van der Waals surface area (Å²) in [5.74, 6) is 0.942. The molecule has 0 aromatic heterocycles. The van der Waals surface area contributed by atoms with Gasteiger partial charge in [-0.25, -0.2) is 0 Å². The molecule has 0 bridgehead atoms. The van der Waals surface area contributed by atoms with Crippen LogP contribution in [-0.4, -0.2) is 6.54 Å². The Balaban J connectivity index is 3.03. The third-order valence-electron chi connectivity index (χ3n) is 2.70. The Kier molecular flexibility index (Phi) is 10.0. The number of rotatable bonds is 9. The Bertz CT molecular complexity index is 91.1. The van der Waals surface area contributed by atoms with Crippen LogP contribution in [0.4, 0.5) is 0 Å². The highest BCUT2D eigenvalue weighted by molar-refractivity contribution is 4.54. The summed E-state index contributed by atoms with van der Waals surface area (Å²) in [6.07, 6.45) is 10.9. The van der Waals surface area contributed by atoms with Crippen molar-refractivity contribution in [3.8, 4) is 0 Å². The van der Waals surface area contributed by atoms with Crippen molar-refractivity contribution < 1.29 is 0 Å². The lowest BCUT2D eigenvalue weighted by atomic mass is 9.97. The standard InChI is InChI=1S/C12H27N/c1-3-4-9-12(2)10-7-5-6-8-11-13/h12H,3-11,13H2,1-2H3. The molecule has 0 aromatic rings. The van der Waals surface area contributed by atoms with Crippen molar-refractivity contribution in [2.24, 2.45) is 11.7 Å². The molecule has 0 aromatic carbocycles. The topological polar surface area (TPSA) is 26.0 Å². The van der Waals surface area contributed by atoms with Crippen LogP contribution in [0, 0.1) is 5.92 Å². The molecule has 0 fully saturated rings. The maximum absolute atomic E-state index is 5.44. The summed E-state index contributed by atoms with van der Waals surface area (Å²) in [6.45, 7) is 5.53. The first kappa shape index (κ1) is 13.0. The fraction of sp³-hybridized carbons (Fsp3) is 1.00. The van der Waals surface area contributed by atoms with Crippen LogP contribution in [0.15, 0.2) is 0 Å². The van der Waals surface area contributed by atoms with Gasteiger partial charge in [-0.15, -0.1) is 0 Å². The van der Waals surface area contributed by atoms with Crippen molar-refractivity contribution in [3.63, 3.8) is 0 Å². The van der Waals surface area contributed by atoms with Crippen LogP contribution in [0.5, 0.6) is 0 Å². The first-order valence-electron chi connectivity index (χ1n) is 6.01. The van der Waals surface area contributed by atoms with Gasteiger partial charge in [0.2, 0.25) is 0 Å². The lowest BCUT2D eigenvalue weighted by Crippen LogP contribution is -1.98. The van der Waals surface area contributed by atoms with Gasteiger partial charge in [0, 0.05) is 0 Å². The van der Waals surface area contributed by atoms with Crippen molar-refractivity contribution in [1.29, 1.82) is 0 Å². The van der Waals surface area contributed by atoms with E-state index in [0.29, 0.717) is 0 Å². The minimum atomic E-state index is 0.866. The Labute approximate surface area is 84.1 Å². The second-order valence-electron chi connectivity index (χ2n) is 4.24. The zero-order chi connectivity index (χ0) is 9.94. The smallest absolute Gasteiger partial charge is 0.00773 e. The molecule has 2 N–H and O–H groups in total. The first-order chi connectivity index (χ1) is 6.31. The maximum atomic E-state index is 5.44. The van der Waals surface area contributed by atoms with E-state index >= 15 is 0 Å². The fourth-order valence-electron chi connectivity index (χ4n) is 1.69. The van der Waals surface area contributed by atoms with Gasteiger partial charge >= 0.3 is 0 Å². The molecule has 13 heavy (non-hydrogen) atoms. The van der Waals surface area contributed by atoms with E-state index in [9.17, 15) is 0 Å². The van der Waals surface area contributed by atoms with Crippen molar-refractivity contribution in [1.82, 2.24) is 0 Å². The zero-order valence-corrected chi connectivity index (χ0v) is 9.52. The van der Waals surface area contributed by atoms with E-state index in [-0.39, 0.29) is 0 Å². The molecule has 1 nitrogen and oxygen atoms in total. The maximum Gasteiger partial charge on any atom is -0.00773 e. The normalized spacial score (nSPS) is 13.2. The van der Waals surface area contributed by atoms with Crippen LogP contribution >= 0.6 is 0 Å². The molecule has 0 saturated carbocycles. The summed E-state index contributed by atoms with van der Waals surface area (Å²) in [7, 11) is 0. The van der Waals surface area contributed by atoms with Gasteiger partial charge in [0.05, 0.1) is 0 Å². The molecule has 0 rings (SSSR count). The van der Waals surface area contributed by atoms with Crippen molar-refractivity contribution >= 4 is 0 Å². The highest BCUT2D eigenvalue weighted by Gasteiger charge is 2.00. The number of hydrogen-bond acceptors (Lipinski definition) is 1. The van der Waals surface area contributed by atoms with Gasteiger partial charge in [0.25, 0.3) is 0 Å². The molecule has 1 atom stereocenters. The molecule has 0 aliphatic heterocycles. The summed E-state index contributed by atoms with van der Waals surface area (Å²) in [5.41, 5.74) is 5.44. The fourth-order valence-corrected chi connectivity index (χ4v) is 1.69. The zero-order valence-electron chi connectivity index (χ0n) is 9.52. The van der Waals surface area contributed by atoms with E-state index in [1.165, 1.54) is 51.4 Å². The van der Waals surface area contributed by atoms with Crippen molar-refractivity contribution in [2.75, 3.05) is 6.54 Å². The monoisotopic (exact) mass is 185 g/mol. The van der Waals surface area contributed by atoms with Gasteiger partial charge in [0.1, 0.15) is 0 Å². The Morgan fingerprint density at radius 3 is 2.15 bits per heavy atom. The van der Waals surface area contributed by atoms with E-state index in [4.69, 9.17) is 5.73 Å². The van der Waals surface area contributed by atoms with Gasteiger partial charge < -0.3 is 5.73 Å². The van der Waals surface area contributed by atoms with Crippen LogP contribution in [0.3, 0.4) is 0 Å². The summed E-state index contributed by atoms with van der Waals surface area (Å²) in [6, 6.07) is 0. The van der Waals surface area contributed by atoms with Crippen LogP contribution < -0.4 is 5.73 Å². The van der Waals surface area contributed by atoms with Gasteiger partial charge in [-0.1, -0.05) is 58.8 Å². The van der Waals surface area contributed by atoms with Crippen LogP contribution in [0.25, 0.3) is 0 Å². The molecular weight excluding hydrogens is 158 g/mol. The molecule has 1 unspecified atom stereocenters. The van der Waals surface area contributed by atoms with E-state index in [0.717, 1.165) is 12.5 Å². The molecule has 0 radical (unpaired) electrons. The average molecular weight is 185 g/mol. The quantitative estimate of drug-likeness (QED) is 0.544. The van der Waals surface area contributed by atoms with Crippen LogP contribution in [-0.2, 0) is 0 Å². The molecule has 0 spiro atoms. The van der Waals surface area contributed by atoms with Gasteiger partial charge in [-0.2, -0.15) is 0 Å². The van der Waals surface area contributed by atoms with Crippen LogP contribution in [0.2, 0.25) is 0 Å². The molecule has 0 aliphatic rings. The summed E-state index contributed by atoms with van der Waals surface area (Å²) in [4.78, 5) is 0. The van der Waals surface area contributed by atoms with Crippen molar-refractivity contribution in [3.05, 3.63) is 0 Å². The Morgan fingerprint density at radius 2 is 1.54 bits per heavy atom. The predicted molar refractivity (Wildman–Crippen MR) is 60.8 cm³/mol. The third kappa shape index (κ3) is 9.88. The largest absolute Gasteiger partial charge is 0.330 e. The van der Waals surface area contributed by atoms with Crippen molar-refractivity contribution in [2.45, 2.75) is 65.2 Å². The summed E-state index contributed by atoms with van der Waals surface area (Å²) in [5, 5.41) is 0. The number of unbranched alkanes of at least 4 members (excludes halogenated alkanes) is 4. The van der Waals surface area contributed by atoms with E-state index in [1.54, 1.807) is 0 Å². The highest BCUT2D eigenvalue weighted by Crippen LogP contribution is 2.15. The minimum Gasteiger partial charge on any atom is -0.330 e. The lowest BCUT2D eigenvalue weighted by Gasteiger charge is -2.09. The molecule has 1 heteroatoms. The second kappa shape index (κ2) is 10.0. The average Bonchev–Trinajstić information content (AvgIpc) is 2.14. The Morgan fingerprint density at radius 1 is 0.923 bits per heavy atom. The van der Waals surface area contributed by atoms with Gasteiger partial charge in [-0.05, 0) is 18.9 Å². The molecule has 0 saturated heterocycles. The first-order valence-corrected chi connectivity index (χ1v) is 6.01. The lowest BCUT2D eigenvalue weighted by molar-refractivity contribution is 0.444. The second-order valence-corrected chi connectivity index (χ2v) is 4.24. The summed E-state index contributed by atoms with van der Waals surface area (Å²) < 4.78 is 0. The third-order valence-corrected chi connectivity index (χ3v) is 2.70. The van der Waals surface area contributed by atoms with E-state index in [2.05, 4.69) is 13.8 Å². The van der Waals surface area contributed by atoms with Crippen LogP contribution in [0.1, 0.15) is 65.2 Å². The van der Waals surface area contributed by atoms with E-state index in [1.807, 2.05) is 0 Å². The predicted octanol–water partition coefficient (Wildman–Crippen LogP) is 3.72. The molecule has 0 heterocycles. The van der Waals surface area contributed by atoms with E-state index < -0.39 is 0 Å². The SMILES string of the molecule is CCCCC(C)CCCCCCN. The highest BCUT2D eigenvalue weighted by atomic mass is 14.5. The molecule has 80 valence electrons. The minimum absolute atomic E-state index is 0.866. The summed E-state index contributed by atoms with van der Waals surface area (Å²) >= 11 is 0. The Hall–Kier alpha value is -0.0400. The number of nitrogens with two attached hydrogens (primary N) is 1.